The molecule has 0 atom stereocenters. The van der Waals surface area contributed by atoms with E-state index in [9.17, 15) is 13.6 Å². The van der Waals surface area contributed by atoms with Gasteiger partial charge in [0.05, 0.1) is 17.0 Å². The van der Waals surface area contributed by atoms with Crippen molar-refractivity contribution < 1.29 is 8.78 Å². The molecule has 2 aromatic rings. The van der Waals surface area contributed by atoms with Crippen molar-refractivity contribution in [1.29, 1.82) is 0 Å². The Balaban J connectivity index is 0.00000225. The molecule has 28 heavy (non-hydrogen) atoms. The van der Waals surface area contributed by atoms with Crippen LogP contribution in [0.4, 0.5) is 14.5 Å². The van der Waals surface area contributed by atoms with Crippen LogP contribution >= 0.6 is 11.8 Å². The Morgan fingerprint density at radius 3 is 2.46 bits per heavy atom. The molecule has 2 aliphatic rings. The van der Waals surface area contributed by atoms with Crippen LogP contribution in [0.1, 0.15) is 71.0 Å². The predicted molar refractivity (Wildman–Crippen MR) is 113 cm³/mol. The van der Waals surface area contributed by atoms with Gasteiger partial charge in [-0.15, -0.1) is 0 Å². The van der Waals surface area contributed by atoms with E-state index in [-0.39, 0.29) is 30.1 Å². The van der Waals surface area contributed by atoms with Gasteiger partial charge in [-0.3, -0.25) is 4.79 Å². The lowest BCUT2D eigenvalue weighted by Gasteiger charge is -2.20. The molecule has 7 heteroatoms. The van der Waals surface area contributed by atoms with Gasteiger partial charge in [0.25, 0.3) is 5.56 Å². The van der Waals surface area contributed by atoms with Gasteiger partial charge in [-0.25, -0.2) is 13.8 Å². The molecule has 0 saturated heterocycles. The van der Waals surface area contributed by atoms with E-state index in [0.29, 0.717) is 16.8 Å². The SMILES string of the molecule is C.O=c1[nH]c(CSC2CCCCC2)nc2cc(NC3CCCC3)c(F)c(F)c12. The van der Waals surface area contributed by atoms with Crippen LogP contribution in [0.2, 0.25) is 0 Å². The lowest BCUT2D eigenvalue weighted by Crippen LogP contribution is -2.18. The van der Waals surface area contributed by atoms with Crippen LogP contribution in [-0.2, 0) is 5.75 Å². The third-order valence-electron chi connectivity index (χ3n) is 5.65. The number of H-pyrrole nitrogens is 1. The topological polar surface area (TPSA) is 57.8 Å². The van der Waals surface area contributed by atoms with Gasteiger partial charge in [0.2, 0.25) is 0 Å². The predicted octanol–water partition coefficient (Wildman–Crippen LogP) is 5.76. The number of benzene rings is 1. The number of halogens is 2. The highest BCUT2D eigenvalue weighted by Crippen LogP contribution is 2.31. The van der Waals surface area contributed by atoms with E-state index in [1.54, 1.807) is 11.8 Å². The average Bonchev–Trinajstić information content (AvgIpc) is 3.18. The summed E-state index contributed by atoms with van der Waals surface area (Å²) in [5.41, 5.74) is -0.281. The summed E-state index contributed by atoms with van der Waals surface area (Å²) in [6, 6.07) is 1.63. The molecule has 0 radical (unpaired) electrons. The van der Waals surface area contributed by atoms with Gasteiger partial charge in [-0.05, 0) is 31.7 Å². The van der Waals surface area contributed by atoms with E-state index in [1.165, 1.54) is 38.2 Å². The third kappa shape index (κ3) is 4.50. The number of nitrogens with zero attached hydrogens (tertiary/aromatic N) is 1. The first-order valence-corrected chi connectivity index (χ1v) is 11.0. The van der Waals surface area contributed by atoms with E-state index in [0.717, 1.165) is 25.7 Å². The van der Waals surface area contributed by atoms with Crippen molar-refractivity contribution in [2.45, 2.75) is 82.3 Å². The van der Waals surface area contributed by atoms with E-state index >= 15 is 0 Å². The highest BCUT2D eigenvalue weighted by molar-refractivity contribution is 7.99. The summed E-state index contributed by atoms with van der Waals surface area (Å²) in [6.07, 6.45) is 10.3. The monoisotopic (exact) mass is 409 g/mol. The smallest absolute Gasteiger partial charge is 0.261 e. The molecule has 1 heterocycles. The first-order chi connectivity index (χ1) is 13.1. The molecular formula is C21H29F2N3OS. The molecule has 0 unspecified atom stereocenters. The fraction of sp³-hybridized carbons (Fsp3) is 0.619. The third-order valence-corrected chi connectivity index (χ3v) is 7.03. The van der Waals surface area contributed by atoms with Crippen molar-refractivity contribution in [3.8, 4) is 0 Å². The first kappa shape index (κ1) is 21.1. The molecule has 0 amide bonds. The van der Waals surface area contributed by atoms with Crippen molar-refractivity contribution in [3.63, 3.8) is 0 Å². The van der Waals surface area contributed by atoms with Gasteiger partial charge < -0.3 is 10.3 Å². The second-order valence-corrected chi connectivity index (χ2v) is 8.94. The molecule has 2 saturated carbocycles. The molecule has 0 spiro atoms. The Kier molecular flexibility index (Phi) is 6.96. The van der Waals surface area contributed by atoms with E-state index < -0.39 is 17.2 Å². The first-order valence-electron chi connectivity index (χ1n) is 9.91. The Morgan fingerprint density at radius 2 is 1.75 bits per heavy atom. The molecular weight excluding hydrogens is 380 g/mol. The van der Waals surface area contributed by atoms with Crippen molar-refractivity contribution in [2.75, 3.05) is 5.32 Å². The van der Waals surface area contributed by atoms with E-state index in [4.69, 9.17) is 0 Å². The summed E-state index contributed by atoms with van der Waals surface area (Å²) >= 11 is 1.79. The number of rotatable bonds is 5. The van der Waals surface area contributed by atoms with Gasteiger partial charge in [-0.1, -0.05) is 39.5 Å². The van der Waals surface area contributed by atoms with Gasteiger partial charge in [0.1, 0.15) is 11.2 Å². The number of hydrogen-bond donors (Lipinski definition) is 2. The zero-order valence-corrected chi connectivity index (χ0v) is 16.1. The number of hydrogen-bond acceptors (Lipinski definition) is 4. The molecule has 4 rings (SSSR count). The maximum atomic E-state index is 14.5. The molecule has 1 aromatic carbocycles. The maximum absolute atomic E-state index is 14.5. The molecule has 0 aliphatic heterocycles. The summed E-state index contributed by atoms with van der Waals surface area (Å²) in [6.45, 7) is 0. The second-order valence-electron chi connectivity index (χ2n) is 7.66. The van der Waals surface area contributed by atoms with Crippen LogP contribution in [0.15, 0.2) is 10.9 Å². The number of aromatic amines is 1. The summed E-state index contributed by atoms with van der Waals surface area (Å²) in [7, 11) is 0. The zero-order chi connectivity index (χ0) is 18.8. The van der Waals surface area contributed by atoms with Crippen molar-refractivity contribution >= 4 is 28.4 Å². The molecule has 0 bridgehead atoms. The highest BCUT2D eigenvalue weighted by Gasteiger charge is 2.22. The maximum Gasteiger partial charge on any atom is 0.261 e. The Bertz CT molecular complexity index is 874. The fourth-order valence-electron chi connectivity index (χ4n) is 4.18. The molecule has 1 aromatic heterocycles. The summed E-state index contributed by atoms with van der Waals surface area (Å²) in [5, 5.41) is 3.38. The normalized spacial score (nSPS) is 18.4. The van der Waals surface area contributed by atoms with Crippen LogP contribution in [0.5, 0.6) is 0 Å². The highest BCUT2D eigenvalue weighted by atomic mass is 32.2. The van der Waals surface area contributed by atoms with E-state index in [1.807, 2.05) is 0 Å². The number of nitrogens with one attached hydrogen (secondary N) is 2. The molecule has 154 valence electrons. The number of anilines is 1. The van der Waals surface area contributed by atoms with Crippen LogP contribution in [0.25, 0.3) is 10.9 Å². The zero-order valence-electron chi connectivity index (χ0n) is 15.3. The Hall–Kier alpha value is -1.63. The Morgan fingerprint density at radius 1 is 1.07 bits per heavy atom. The minimum Gasteiger partial charge on any atom is -0.380 e. The van der Waals surface area contributed by atoms with Gasteiger partial charge >= 0.3 is 0 Å². The molecule has 2 N–H and O–H groups in total. The number of aromatic nitrogens is 2. The Labute approximate surface area is 168 Å². The fourth-order valence-corrected chi connectivity index (χ4v) is 5.37. The van der Waals surface area contributed by atoms with Crippen LogP contribution < -0.4 is 10.9 Å². The second kappa shape index (κ2) is 9.25. The van der Waals surface area contributed by atoms with Gasteiger partial charge in [0.15, 0.2) is 11.6 Å². The van der Waals surface area contributed by atoms with Crippen LogP contribution in [-0.4, -0.2) is 21.3 Å². The standard InChI is InChI=1S/C20H25F2N3OS.CH4/c21-18-15(23-12-6-4-5-7-12)10-14-17(19(18)22)20(26)25-16(24-14)11-27-13-8-2-1-3-9-13;/h10,12-13,23H,1-9,11H2,(H,24,25,26);1H4. The van der Waals surface area contributed by atoms with Gasteiger partial charge in [0, 0.05) is 11.3 Å². The average molecular weight is 410 g/mol. The van der Waals surface area contributed by atoms with Crippen molar-refractivity contribution in [3.05, 3.63) is 33.9 Å². The largest absolute Gasteiger partial charge is 0.380 e. The van der Waals surface area contributed by atoms with Gasteiger partial charge in [-0.2, -0.15) is 11.8 Å². The van der Waals surface area contributed by atoms with Crippen molar-refractivity contribution in [2.24, 2.45) is 0 Å². The molecule has 2 aliphatic carbocycles. The minimum absolute atomic E-state index is 0. The minimum atomic E-state index is -1.12. The summed E-state index contributed by atoms with van der Waals surface area (Å²) in [5.74, 6) is -1.000. The summed E-state index contributed by atoms with van der Waals surface area (Å²) in [4.78, 5) is 19.4. The lowest BCUT2D eigenvalue weighted by molar-refractivity contribution is 0.515. The van der Waals surface area contributed by atoms with E-state index in [2.05, 4.69) is 15.3 Å². The van der Waals surface area contributed by atoms with Crippen molar-refractivity contribution in [1.82, 2.24) is 9.97 Å². The van der Waals surface area contributed by atoms with Crippen LogP contribution in [0, 0.1) is 11.6 Å². The number of thioether (sulfide) groups is 1. The molecule has 4 nitrogen and oxygen atoms in total. The lowest BCUT2D eigenvalue weighted by atomic mass is 10.0. The summed E-state index contributed by atoms with van der Waals surface area (Å²) < 4.78 is 29.0. The molecule has 2 fully saturated rings. The van der Waals surface area contributed by atoms with Crippen LogP contribution in [0.3, 0.4) is 0 Å². The number of fused-ring (bicyclic) bond motifs is 1. The quantitative estimate of drug-likeness (QED) is 0.659.